The van der Waals surface area contributed by atoms with Crippen molar-refractivity contribution in [3.05, 3.63) is 11.9 Å². The van der Waals surface area contributed by atoms with Gasteiger partial charge < -0.3 is 24.4 Å². The summed E-state index contributed by atoms with van der Waals surface area (Å²) in [6.07, 6.45) is 2.95. The lowest BCUT2D eigenvalue weighted by Crippen LogP contribution is -2.56. The lowest BCUT2D eigenvalue weighted by Gasteiger charge is -2.39. The van der Waals surface area contributed by atoms with Crippen molar-refractivity contribution in [3.8, 4) is 5.88 Å². The maximum atomic E-state index is 13.2. The number of anilines is 1. The monoisotopic (exact) mass is 398 g/mol. The van der Waals surface area contributed by atoms with E-state index >= 15 is 0 Å². The normalized spacial score (nSPS) is 24.8. The third-order valence-corrected chi connectivity index (χ3v) is 5.06. The highest BCUT2D eigenvalue weighted by Gasteiger charge is 2.46. The molecule has 0 bridgehead atoms. The third-order valence-electron chi connectivity index (χ3n) is 5.06. The van der Waals surface area contributed by atoms with Crippen molar-refractivity contribution in [1.82, 2.24) is 14.9 Å². The van der Waals surface area contributed by atoms with Gasteiger partial charge in [0.15, 0.2) is 17.8 Å². The minimum absolute atomic E-state index is 0.111. The summed E-state index contributed by atoms with van der Waals surface area (Å²) in [5.74, 6) is -2.23. The van der Waals surface area contributed by atoms with Crippen LogP contribution in [0.1, 0.15) is 36.7 Å². The van der Waals surface area contributed by atoms with E-state index in [1.807, 2.05) is 0 Å². The van der Waals surface area contributed by atoms with E-state index in [1.165, 1.54) is 18.0 Å². The standard InChI is InChI=1S/C18H24F2N4O4/c1-11(25)28-13-4-5-23(7-13)17(26)14-6-21-15(24-9-18(19,20)10-24)16(22-14)27-8-12-2-3-12/h6,11-13,25H,2-5,7-10H2,1H3/t11?,13-/m0/s1. The number of aliphatic hydroxyl groups excluding tert-OH is 1. The molecule has 3 fully saturated rings. The largest absolute Gasteiger partial charge is 0.475 e. The van der Waals surface area contributed by atoms with Crippen LogP contribution < -0.4 is 9.64 Å². The van der Waals surface area contributed by atoms with Crippen molar-refractivity contribution in [3.63, 3.8) is 0 Å². The molecule has 154 valence electrons. The Hall–Kier alpha value is -2.07. The smallest absolute Gasteiger partial charge is 0.282 e. The Morgan fingerprint density at radius 1 is 1.39 bits per heavy atom. The van der Waals surface area contributed by atoms with Crippen LogP contribution in [0.25, 0.3) is 0 Å². The van der Waals surface area contributed by atoms with E-state index in [0.717, 1.165) is 12.8 Å². The molecule has 2 saturated heterocycles. The summed E-state index contributed by atoms with van der Waals surface area (Å²) in [7, 11) is 0. The van der Waals surface area contributed by atoms with E-state index in [1.54, 1.807) is 4.90 Å². The molecule has 10 heteroatoms. The van der Waals surface area contributed by atoms with Crippen LogP contribution in [-0.4, -0.2) is 77.0 Å². The molecule has 1 unspecified atom stereocenters. The van der Waals surface area contributed by atoms with E-state index in [9.17, 15) is 18.7 Å². The van der Waals surface area contributed by atoms with Gasteiger partial charge in [-0.3, -0.25) is 4.79 Å². The number of nitrogens with zero attached hydrogens (tertiary/aromatic N) is 4. The summed E-state index contributed by atoms with van der Waals surface area (Å²) in [6, 6.07) is 0. The molecule has 1 N–H and O–H groups in total. The van der Waals surface area contributed by atoms with Gasteiger partial charge in [-0.25, -0.2) is 18.7 Å². The number of carbonyl (C=O) groups is 1. The van der Waals surface area contributed by atoms with Gasteiger partial charge in [0.1, 0.15) is 0 Å². The van der Waals surface area contributed by atoms with Crippen LogP contribution in [0.5, 0.6) is 5.88 Å². The van der Waals surface area contributed by atoms with Crippen LogP contribution in [0.15, 0.2) is 6.20 Å². The second-order valence-electron chi connectivity index (χ2n) is 7.75. The molecule has 1 aromatic rings. The highest BCUT2D eigenvalue weighted by molar-refractivity contribution is 5.92. The van der Waals surface area contributed by atoms with Gasteiger partial charge in [0.05, 0.1) is 32.0 Å². The molecule has 2 atom stereocenters. The SMILES string of the molecule is CC(O)O[C@H]1CCN(C(=O)c2cnc(N3CC(F)(F)C3)c(OCC3CC3)n2)C1. The van der Waals surface area contributed by atoms with Gasteiger partial charge in [0.2, 0.25) is 0 Å². The maximum Gasteiger partial charge on any atom is 0.282 e. The number of aromatic nitrogens is 2. The molecule has 1 amide bonds. The molecule has 2 aliphatic heterocycles. The topological polar surface area (TPSA) is 88.0 Å². The van der Waals surface area contributed by atoms with Crippen molar-refractivity contribution >= 4 is 11.7 Å². The highest BCUT2D eigenvalue weighted by Crippen LogP contribution is 2.36. The molecular weight excluding hydrogens is 374 g/mol. The quantitative estimate of drug-likeness (QED) is 0.693. The number of hydrogen-bond donors (Lipinski definition) is 1. The molecule has 8 nitrogen and oxygen atoms in total. The number of ether oxygens (including phenoxy) is 2. The average Bonchev–Trinajstić information content (AvgIpc) is 3.34. The zero-order chi connectivity index (χ0) is 19.9. The zero-order valence-electron chi connectivity index (χ0n) is 15.7. The summed E-state index contributed by atoms with van der Waals surface area (Å²) in [6.45, 7) is 1.94. The molecule has 0 radical (unpaired) electrons. The number of aliphatic hydroxyl groups is 1. The Kier molecular flexibility index (Phi) is 5.09. The molecule has 1 saturated carbocycles. The second kappa shape index (κ2) is 7.40. The predicted molar refractivity (Wildman–Crippen MR) is 94.5 cm³/mol. The van der Waals surface area contributed by atoms with Crippen molar-refractivity contribution in [1.29, 1.82) is 0 Å². The van der Waals surface area contributed by atoms with E-state index in [-0.39, 0.29) is 29.4 Å². The highest BCUT2D eigenvalue weighted by atomic mass is 19.3. The van der Waals surface area contributed by atoms with Crippen LogP contribution in [0.2, 0.25) is 0 Å². The molecule has 4 rings (SSSR count). The van der Waals surface area contributed by atoms with Crippen LogP contribution in [-0.2, 0) is 4.74 Å². The van der Waals surface area contributed by atoms with Crippen LogP contribution in [0.4, 0.5) is 14.6 Å². The number of likely N-dealkylation sites (tertiary alicyclic amines) is 1. The number of amides is 1. The number of alkyl halides is 2. The first-order valence-electron chi connectivity index (χ1n) is 9.56. The lowest BCUT2D eigenvalue weighted by molar-refractivity contribution is -0.118. The Balaban J connectivity index is 1.47. The number of rotatable bonds is 7. The molecule has 1 aromatic heterocycles. The summed E-state index contributed by atoms with van der Waals surface area (Å²) in [4.78, 5) is 24.3. The summed E-state index contributed by atoms with van der Waals surface area (Å²) in [5, 5.41) is 9.33. The number of carbonyl (C=O) groups excluding carboxylic acids is 1. The first-order chi connectivity index (χ1) is 13.3. The fraction of sp³-hybridized carbons (Fsp3) is 0.722. The fourth-order valence-corrected chi connectivity index (χ4v) is 3.39. The zero-order valence-corrected chi connectivity index (χ0v) is 15.7. The maximum absolute atomic E-state index is 13.2. The van der Waals surface area contributed by atoms with E-state index in [0.29, 0.717) is 32.0 Å². The minimum Gasteiger partial charge on any atom is -0.475 e. The van der Waals surface area contributed by atoms with Crippen molar-refractivity contribution < 1.29 is 28.2 Å². The van der Waals surface area contributed by atoms with Gasteiger partial charge in [-0.05, 0) is 32.1 Å². The Labute approximate surface area is 161 Å². The van der Waals surface area contributed by atoms with Gasteiger partial charge in [-0.2, -0.15) is 0 Å². The summed E-state index contributed by atoms with van der Waals surface area (Å²) < 4.78 is 37.6. The molecular formula is C18H24F2N4O4. The molecule has 28 heavy (non-hydrogen) atoms. The van der Waals surface area contributed by atoms with E-state index in [2.05, 4.69) is 9.97 Å². The van der Waals surface area contributed by atoms with E-state index in [4.69, 9.17) is 9.47 Å². The summed E-state index contributed by atoms with van der Waals surface area (Å²) in [5.41, 5.74) is 0.111. The van der Waals surface area contributed by atoms with Crippen molar-refractivity contribution in [2.45, 2.75) is 44.5 Å². The number of hydrogen-bond acceptors (Lipinski definition) is 7. The number of halogens is 2. The molecule has 3 aliphatic rings. The van der Waals surface area contributed by atoms with Crippen LogP contribution in [0, 0.1) is 5.92 Å². The fourth-order valence-electron chi connectivity index (χ4n) is 3.39. The second-order valence-corrected chi connectivity index (χ2v) is 7.75. The van der Waals surface area contributed by atoms with Crippen molar-refractivity contribution in [2.75, 3.05) is 37.7 Å². The molecule has 1 aliphatic carbocycles. The van der Waals surface area contributed by atoms with Gasteiger partial charge in [0.25, 0.3) is 17.7 Å². The molecule has 3 heterocycles. The van der Waals surface area contributed by atoms with Crippen molar-refractivity contribution in [2.24, 2.45) is 5.92 Å². The summed E-state index contributed by atoms with van der Waals surface area (Å²) >= 11 is 0. The lowest BCUT2D eigenvalue weighted by atomic mass is 10.1. The minimum atomic E-state index is -2.74. The van der Waals surface area contributed by atoms with Gasteiger partial charge in [-0.1, -0.05) is 0 Å². The average molecular weight is 398 g/mol. The van der Waals surface area contributed by atoms with Gasteiger partial charge >= 0.3 is 0 Å². The van der Waals surface area contributed by atoms with Gasteiger partial charge in [-0.15, -0.1) is 0 Å². The Morgan fingerprint density at radius 2 is 2.14 bits per heavy atom. The molecule has 0 spiro atoms. The van der Waals surface area contributed by atoms with Gasteiger partial charge in [0, 0.05) is 13.1 Å². The molecule has 0 aromatic carbocycles. The third kappa shape index (κ3) is 4.33. The van der Waals surface area contributed by atoms with Crippen LogP contribution >= 0.6 is 0 Å². The van der Waals surface area contributed by atoms with E-state index < -0.39 is 25.3 Å². The Morgan fingerprint density at radius 3 is 2.79 bits per heavy atom. The first-order valence-corrected chi connectivity index (χ1v) is 9.56. The Bertz CT molecular complexity index is 736. The first kappa shape index (κ1) is 19.3. The van der Waals surface area contributed by atoms with Crippen LogP contribution in [0.3, 0.4) is 0 Å². The predicted octanol–water partition coefficient (Wildman–Crippen LogP) is 1.29.